The van der Waals surface area contributed by atoms with E-state index in [1.54, 1.807) is 0 Å². The minimum atomic E-state index is -0.573. The summed E-state index contributed by atoms with van der Waals surface area (Å²) in [4.78, 5) is 14.3. The van der Waals surface area contributed by atoms with Crippen molar-refractivity contribution in [1.29, 1.82) is 5.26 Å². The van der Waals surface area contributed by atoms with E-state index in [1.807, 2.05) is 36.1 Å². The maximum atomic E-state index is 12.4. The molecule has 1 atom stereocenters. The van der Waals surface area contributed by atoms with Crippen molar-refractivity contribution in [2.45, 2.75) is 40.0 Å². The summed E-state index contributed by atoms with van der Waals surface area (Å²) in [5.41, 5.74) is 2.23. The van der Waals surface area contributed by atoms with Crippen molar-refractivity contribution >= 4 is 5.91 Å². The topological polar surface area (TPSA) is 44.1 Å². The zero-order valence-electron chi connectivity index (χ0n) is 12.7. The van der Waals surface area contributed by atoms with Crippen molar-refractivity contribution in [1.82, 2.24) is 4.90 Å². The Hall–Kier alpha value is -1.82. The van der Waals surface area contributed by atoms with E-state index in [-0.39, 0.29) is 5.91 Å². The Kier molecular flexibility index (Phi) is 6.79. The predicted molar refractivity (Wildman–Crippen MR) is 81.1 cm³/mol. The van der Waals surface area contributed by atoms with E-state index in [0.717, 1.165) is 31.5 Å². The highest BCUT2D eigenvalue weighted by Crippen LogP contribution is 2.13. The second kappa shape index (κ2) is 8.37. The Morgan fingerprint density at radius 2 is 1.75 bits per heavy atom. The van der Waals surface area contributed by atoms with E-state index in [9.17, 15) is 10.1 Å². The summed E-state index contributed by atoms with van der Waals surface area (Å²) in [7, 11) is 0. The fourth-order valence-corrected chi connectivity index (χ4v) is 2.24. The van der Waals surface area contributed by atoms with Crippen LogP contribution in [-0.4, -0.2) is 23.9 Å². The lowest BCUT2D eigenvalue weighted by Crippen LogP contribution is -2.37. The third-order valence-electron chi connectivity index (χ3n) is 3.31. The monoisotopic (exact) mass is 272 g/mol. The summed E-state index contributed by atoms with van der Waals surface area (Å²) in [5, 5.41) is 9.30. The van der Waals surface area contributed by atoms with Gasteiger partial charge in [0.2, 0.25) is 5.91 Å². The smallest absolute Gasteiger partial charge is 0.240 e. The van der Waals surface area contributed by atoms with Gasteiger partial charge in [0.25, 0.3) is 0 Å². The van der Waals surface area contributed by atoms with Crippen molar-refractivity contribution in [3.05, 3.63) is 35.4 Å². The molecule has 0 saturated carbocycles. The van der Waals surface area contributed by atoms with Crippen LogP contribution in [-0.2, 0) is 11.2 Å². The molecule has 0 fully saturated rings. The van der Waals surface area contributed by atoms with Gasteiger partial charge in [0, 0.05) is 13.1 Å². The number of hydrogen-bond donors (Lipinski definition) is 0. The Morgan fingerprint density at radius 1 is 1.20 bits per heavy atom. The van der Waals surface area contributed by atoms with Crippen LogP contribution in [0.1, 0.15) is 37.8 Å². The molecule has 1 rings (SSSR count). The molecule has 108 valence electrons. The number of amides is 1. The Bertz CT molecular complexity index is 453. The summed E-state index contributed by atoms with van der Waals surface area (Å²) >= 11 is 0. The minimum Gasteiger partial charge on any atom is -0.342 e. The molecule has 20 heavy (non-hydrogen) atoms. The summed E-state index contributed by atoms with van der Waals surface area (Å²) in [6, 6.07) is 10.2. The van der Waals surface area contributed by atoms with Gasteiger partial charge in [0.1, 0.15) is 5.92 Å². The fraction of sp³-hybridized carbons (Fsp3) is 0.529. The summed E-state index contributed by atoms with van der Waals surface area (Å²) in [5.74, 6) is -0.604. The fourth-order valence-electron chi connectivity index (χ4n) is 2.24. The number of nitriles is 1. The number of benzene rings is 1. The predicted octanol–water partition coefficient (Wildman–Crippen LogP) is 3.33. The van der Waals surface area contributed by atoms with E-state index < -0.39 is 5.92 Å². The Labute approximate surface area is 122 Å². The van der Waals surface area contributed by atoms with E-state index in [0.29, 0.717) is 6.42 Å². The molecule has 0 radical (unpaired) electrons. The summed E-state index contributed by atoms with van der Waals surface area (Å²) < 4.78 is 0. The third kappa shape index (κ3) is 4.70. The van der Waals surface area contributed by atoms with E-state index >= 15 is 0 Å². The molecule has 0 aliphatic heterocycles. The SMILES string of the molecule is CCCN(CCC)C(=O)C(C#N)Cc1ccc(C)cc1. The van der Waals surface area contributed by atoms with Gasteiger partial charge in [-0.25, -0.2) is 0 Å². The highest BCUT2D eigenvalue weighted by molar-refractivity contribution is 5.81. The van der Waals surface area contributed by atoms with E-state index in [4.69, 9.17) is 0 Å². The number of aryl methyl sites for hydroxylation is 1. The second-order valence-corrected chi connectivity index (χ2v) is 5.20. The molecule has 3 nitrogen and oxygen atoms in total. The average Bonchev–Trinajstić information content (AvgIpc) is 2.46. The third-order valence-corrected chi connectivity index (χ3v) is 3.31. The van der Waals surface area contributed by atoms with Crippen LogP contribution in [0, 0.1) is 24.2 Å². The molecule has 1 amide bonds. The molecule has 0 spiro atoms. The number of hydrogen-bond acceptors (Lipinski definition) is 2. The highest BCUT2D eigenvalue weighted by Gasteiger charge is 2.23. The molecule has 0 aliphatic carbocycles. The molecule has 0 N–H and O–H groups in total. The minimum absolute atomic E-state index is 0.0308. The maximum Gasteiger partial charge on any atom is 0.240 e. The van der Waals surface area contributed by atoms with Gasteiger partial charge in [0.05, 0.1) is 6.07 Å². The van der Waals surface area contributed by atoms with Crippen LogP contribution in [0.3, 0.4) is 0 Å². The molecular formula is C17H24N2O. The van der Waals surface area contributed by atoms with Gasteiger partial charge in [-0.15, -0.1) is 0 Å². The van der Waals surface area contributed by atoms with Crippen LogP contribution in [0.2, 0.25) is 0 Å². The van der Waals surface area contributed by atoms with Crippen LogP contribution >= 0.6 is 0 Å². The number of carbonyl (C=O) groups is 1. The van der Waals surface area contributed by atoms with Gasteiger partial charge >= 0.3 is 0 Å². The zero-order valence-corrected chi connectivity index (χ0v) is 12.7. The van der Waals surface area contributed by atoms with Crippen molar-refractivity contribution < 1.29 is 4.79 Å². The standard InChI is InChI=1S/C17H24N2O/c1-4-10-19(11-5-2)17(20)16(13-18)12-15-8-6-14(3)7-9-15/h6-9,16H,4-5,10-12H2,1-3H3. The lowest BCUT2D eigenvalue weighted by molar-refractivity contribution is -0.133. The largest absolute Gasteiger partial charge is 0.342 e. The van der Waals surface area contributed by atoms with Gasteiger partial charge in [0.15, 0.2) is 0 Å². The average molecular weight is 272 g/mol. The first-order chi connectivity index (χ1) is 9.62. The van der Waals surface area contributed by atoms with E-state index in [1.165, 1.54) is 5.56 Å². The van der Waals surface area contributed by atoms with Crippen LogP contribution < -0.4 is 0 Å². The van der Waals surface area contributed by atoms with Crippen LogP contribution in [0.4, 0.5) is 0 Å². The molecule has 0 saturated heterocycles. The first-order valence-electron chi connectivity index (χ1n) is 7.36. The van der Waals surface area contributed by atoms with Crippen molar-refractivity contribution in [3.8, 4) is 6.07 Å². The zero-order chi connectivity index (χ0) is 15.0. The molecule has 0 heterocycles. The van der Waals surface area contributed by atoms with Gasteiger partial charge in [-0.2, -0.15) is 5.26 Å². The van der Waals surface area contributed by atoms with Crippen LogP contribution in [0.25, 0.3) is 0 Å². The molecule has 3 heteroatoms. The van der Waals surface area contributed by atoms with Crippen LogP contribution in [0.15, 0.2) is 24.3 Å². The Balaban J connectivity index is 2.76. The number of carbonyl (C=O) groups excluding carboxylic acids is 1. The molecule has 1 aromatic rings. The second-order valence-electron chi connectivity index (χ2n) is 5.20. The first-order valence-corrected chi connectivity index (χ1v) is 7.36. The van der Waals surface area contributed by atoms with Gasteiger partial charge in [-0.3, -0.25) is 4.79 Å². The summed E-state index contributed by atoms with van der Waals surface area (Å²) in [6.45, 7) is 7.60. The molecule has 0 bridgehead atoms. The van der Waals surface area contributed by atoms with Crippen LogP contribution in [0.5, 0.6) is 0 Å². The lowest BCUT2D eigenvalue weighted by Gasteiger charge is -2.24. The maximum absolute atomic E-state index is 12.4. The molecule has 0 aromatic heterocycles. The van der Waals surface area contributed by atoms with Gasteiger partial charge < -0.3 is 4.90 Å². The highest BCUT2D eigenvalue weighted by atomic mass is 16.2. The first kappa shape index (κ1) is 16.2. The molecular weight excluding hydrogens is 248 g/mol. The molecule has 1 aromatic carbocycles. The Morgan fingerprint density at radius 3 is 2.20 bits per heavy atom. The lowest BCUT2D eigenvalue weighted by atomic mass is 9.98. The van der Waals surface area contributed by atoms with Gasteiger partial charge in [-0.1, -0.05) is 43.7 Å². The quantitative estimate of drug-likeness (QED) is 0.764. The van der Waals surface area contributed by atoms with Crippen molar-refractivity contribution in [3.63, 3.8) is 0 Å². The van der Waals surface area contributed by atoms with Crippen molar-refractivity contribution in [2.75, 3.05) is 13.1 Å². The molecule has 1 unspecified atom stereocenters. The van der Waals surface area contributed by atoms with E-state index in [2.05, 4.69) is 19.9 Å². The number of rotatable bonds is 7. The normalized spacial score (nSPS) is 11.7. The summed E-state index contributed by atoms with van der Waals surface area (Å²) in [6.07, 6.45) is 2.35. The van der Waals surface area contributed by atoms with Gasteiger partial charge in [-0.05, 0) is 31.7 Å². The molecule has 0 aliphatic rings. The van der Waals surface area contributed by atoms with Crippen molar-refractivity contribution in [2.24, 2.45) is 5.92 Å². The number of nitrogens with zero attached hydrogens (tertiary/aromatic N) is 2.